The molecule has 0 radical (unpaired) electrons. The lowest BCUT2D eigenvalue weighted by atomic mass is 10.1. The first-order chi connectivity index (χ1) is 7.08. The van der Waals surface area contributed by atoms with Crippen LogP contribution >= 0.6 is 44.3 Å². The SMILES string of the molecule is Cl.O=C1N[C@H](c2cc(Br)c(O)c(Br)c2)CO1. The van der Waals surface area contributed by atoms with Crippen LogP contribution in [0, 0.1) is 0 Å². The summed E-state index contributed by atoms with van der Waals surface area (Å²) >= 11 is 6.45. The molecule has 0 saturated carbocycles. The molecule has 2 rings (SSSR count). The molecule has 1 aliphatic heterocycles. The van der Waals surface area contributed by atoms with Gasteiger partial charge in [0.2, 0.25) is 0 Å². The van der Waals surface area contributed by atoms with E-state index >= 15 is 0 Å². The summed E-state index contributed by atoms with van der Waals surface area (Å²) in [6, 6.07) is 3.34. The lowest BCUT2D eigenvalue weighted by molar-refractivity contribution is 0.177. The first-order valence-corrected chi connectivity index (χ1v) is 5.77. The van der Waals surface area contributed by atoms with E-state index in [1.54, 1.807) is 12.1 Å². The quantitative estimate of drug-likeness (QED) is 0.795. The number of amides is 1. The summed E-state index contributed by atoms with van der Waals surface area (Å²) in [4.78, 5) is 10.9. The maximum absolute atomic E-state index is 10.9. The van der Waals surface area contributed by atoms with Crippen molar-refractivity contribution in [2.75, 3.05) is 6.61 Å². The van der Waals surface area contributed by atoms with Gasteiger partial charge in [-0.05, 0) is 49.6 Å². The number of carbonyl (C=O) groups is 1. The van der Waals surface area contributed by atoms with Gasteiger partial charge in [0, 0.05) is 0 Å². The number of ether oxygens (including phenoxy) is 1. The Morgan fingerprint density at radius 2 is 1.94 bits per heavy atom. The molecule has 0 aliphatic carbocycles. The van der Waals surface area contributed by atoms with E-state index in [1.807, 2.05) is 0 Å². The van der Waals surface area contributed by atoms with Crippen LogP contribution in [-0.4, -0.2) is 17.8 Å². The molecule has 1 atom stereocenters. The molecule has 7 heteroatoms. The van der Waals surface area contributed by atoms with Gasteiger partial charge in [0.05, 0.1) is 15.0 Å². The molecule has 1 aliphatic rings. The van der Waals surface area contributed by atoms with Crippen LogP contribution in [0.4, 0.5) is 4.79 Å². The van der Waals surface area contributed by atoms with Gasteiger partial charge in [-0.2, -0.15) is 0 Å². The number of benzene rings is 1. The number of alkyl carbamates (subject to hydrolysis) is 1. The van der Waals surface area contributed by atoms with Crippen molar-refractivity contribution in [1.82, 2.24) is 5.32 Å². The minimum absolute atomic E-state index is 0. The van der Waals surface area contributed by atoms with Crippen LogP contribution in [0.2, 0.25) is 0 Å². The number of hydrogen-bond acceptors (Lipinski definition) is 3. The minimum atomic E-state index is -0.416. The van der Waals surface area contributed by atoms with Crippen molar-refractivity contribution in [3.8, 4) is 5.75 Å². The third-order valence-electron chi connectivity index (χ3n) is 2.11. The number of nitrogens with one attached hydrogen (secondary N) is 1. The normalized spacial score (nSPS) is 18.6. The Labute approximate surface area is 115 Å². The van der Waals surface area contributed by atoms with Gasteiger partial charge in [-0.15, -0.1) is 12.4 Å². The third kappa shape index (κ3) is 2.61. The predicted octanol–water partition coefficient (Wildman–Crippen LogP) is 3.12. The third-order valence-corrected chi connectivity index (χ3v) is 3.32. The van der Waals surface area contributed by atoms with Crippen LogP contribution in [0.15, 0.2) is 21.1 Å². The fourth-order valence-corrected chi connectivity index (χ4v) is 2.57. The highest BCUT2D eigenvalue weighted by atomic mass is 79.9. The molecule has 0 bridgehead atoms. The zero-order chi connectivity index (χ0) is 11.0. The first kappa shape index (κ1) is 13.6. The summed E-state index contributed by atoms with van der Waals surface area (Å²) in [6.07, 6.45) is -0.416. The molecule has 1 fully saturated rings. The number of phenolic OH excluding ortho intramolecular Hbond substituents is 1. The van der Waals surface area contributed by atoms with Crippen LogP contribution in [-0.2, 0) is 4.74 Å². The van der Waals surface area contributed by atoms with Crippen molar-refractivity contribution >= 4 is 50.4 Å². The topological polar surface area (TPSA) is 58.6 Å². The van der Waals surface area contributed by atoms with Crippen LogP contribution in [0.1, 0.15) is 11.6 Å². The molecule has 16 heavy (non-hydrogen) atoms. The number of halogens is 3. The predicted molar refractivity (Wildman–Crippen MR) is 68.0 cm³/mol. The van der Waals surface area contributed by atoms with Gasteiger partial charge < -0.3 is 15.2 Å². The standard InChI is InChI=1S/C9H7Br2NO3.ClH/c10-5-1-4(2-6(11)8(5)13)7-3-15-9(14)12-7;/h1-2,7,13H,3H2,(H,12,14);1H/t7-;/m0./s1. The largest absolute Gasteiger partial charge is 0.506 e. The van der Waals surface area contributed by atoms with Crippen LogP contribution in [0.3, 0.4) is 0 Å². The zero-order valence-electron chi connectivity index (χ0n) is 7.87. The molecule has 0 unspecified atom stereocenters. The zero-order valence-corrected chi connectivity index (χ0v) is 11.9. The second-order valence-corrected chi connectivity index (χ2v) is 4.84. The highest BCUT2D eigenvalue weighted by Crippen LogP contribution is 2.35. The Morgan fingerprint density at radius 1 is 1.38 bits per heavy atom. The molecule has 0 spiro atoms. The summed E-state index contributed by atoms with van der Waals surface area (Å²) in [5, 5.41) is 12.2. The molecule has 1 aromatic rings. The van der Waals surface area contributed by atoms with E-state index in [0.717, 1.165) is 5.56 Å². The van der Waals surface area contributed by atoms with E-state index in [-0.39, 0.29) is 24.2 Å². The molecule has 4 nitrogen and oxygen atoms in total. The number of hydrogen-bond donors (Lipinski definition) is 2. The fourth-order valence-electron chi connectivity index (χ4n) is 1.35. The van der Waals surface area contributed by atoms with Gasteiger partial charge in [0.1, 0.15) is 12.4 Å². The lowest BCUT2D eigenvalue weighted by Gasteiger charge is -2.10. The van der Waals surface area contributed by atoms with Crippen LogP contribution in [0.25, 0.3) is 0 Å². The molecular weight excluding hydrogens is 365 g/mol. The Balaban J connectivity index is 0.00000128. The first-order valence-electron chi connectivity index (χ1n) is 4.19. The Bertz CT molecular complexity index is 404. The van der Waals surface area contributed by atoms with Crippen molar-refractivity contribution in [3.05, 3.63) is 26.6 Å². The van der Waals surface area contributed by atoms with Gasteiger partial charge in [0.25, 0.3) is 0 Å². The lowest BCUT2D eigenvalue weighted by Crippen LogP contribution is -2.18. The van der Waals surface area contributed by atoms with Gasteiger partial charge in [-0.3, -0.25) is 0 Å². The van der Waals surface area contributed by atoms with Crippen molar-refractivity contribution in [1.29, 1.82) is 0 Å². The van der Waals surface area contributed by atoms with Crippen molar-refractivity contribution < 1.29 is 14.6 Å². The Kier molecular flexibility index (Phi) is 4.46. The molecule has 1 saturated heterocycles. The highest BCUT2D eigenvalue weighted by molar-refractivity contribution is 9.11. The summed E-state index contributed by atoms with van der Waals surface area (Å²) in [7, 11) is 0. The number of carbonyl (C=O) groups excluding carboxylic acids is 1. The maximum atomic E-state index is 10.9. The van der Waals surface area contributed by atoms with E-state index in [2.05, 4.69) is 37.2 Å². The van der Waals surface area contributed by atoms with Crippen molar-refractivity contribution in [2.24, 2.45) is 0 Å². The second kappa shape index (κ2) is 5.25. The van der Waals surface area contributed by atoms with Crippen LogP contribution < -0.4 is 5.32 Å². The highest BCUT2D eigenvalue weighted by Gasteiger charge is 2.24. The van der Waals surface area contributed by atoms with Gasteiger partial charge >= 0.3 is 6.09 Å². The van der Waals surface area contributed by atoms with E-state index < -0.39 is 6.09 Å². The fraction of sp³-hybridized carbons (Fsp3) is 0.222. The number of phenols is 1. The smallest absolute Gasteiger partial charge is 0.407 e. The van der Waals surface area contributed by atoms with Crippen LogP contribution in [0.5, 0.6) is 5.75 Å². The summed E-state index contributed by atoms with van der Waals surface area (Å²) in [6.45, 7) is 0.308. The average Bonchev–Trinajstić information content (AvgIpc) is 2.60. The summed E-state index contributed by atoms with van der Waals surface area (Å²) in [5.74, 6) is 0.143. The molecule has 1 heterocycles. The van der Waals surface area contributed by atoms with E-state index in [9.17, 15) is 9.90 Å². The van der Waals surface area contributed by atoms with Gasteiger partial charge in [-0.1, -0.05) is 0 Å². The second-order valence-electron chi connectivity index (χ2n) is 3.13. The van der Waals surface area contributed by atoms with Gasteiger partial charge in [-0.25, -0.2) is 4.79 Å². The maximum Gasteiger partial charge on any atom is 0.407 e. The molecule has 2 N–H and O–H groups in total. The van der Waals surface area contributed by atoms with E-state index in [4.69, 9.17) is 4.74 Å². The molecule has 1 amide bonds. The van der Waals surface area contributed by atoms with E-state index in [0.29, 0.717) is 15.6 Å². The monoisotopic (exact) mass is 371 g/mol. The molecule has 1 aromatic carbocycles. The average molecular weight is 373 g/mol. The number of aromatic hydroxyl groups is 1. The van der Waals surface area contributed by atoms with Crippen molar-refractivity contribution in [2.45, 2.75) is 6.04 Å². The molecule has 0 aromatic heterocycles. The Morgan fingerprint density at radius 3 is 2.38 bits per heavy atom. The number of cyclic esters (lactones) is 1. The summed E-state index contributed by atoms with van der Waals surface area (Å²) in [5.41, 5.74) is 0.873. The molecule has 88 valence electrons. The van der Waals surface area contributed by atoms with Gasteiger partial charge in [0.15, 0.2) is 0 Å². The minimum Gasteiger partial charge on any atom is -0.506 e. The Hall–Kier alpha value is -0.460. The molecular formula is C9H8Br2ClNO3. The van der Waals surface area contributed by atoms with Crippen molar-refractivity contribution in [3.63, 3.8) is 0 Å². The summed E-state index contributed by atoms with van der Waals surface area (Å²) < 4.78 is 5.94. The number of rotatable bonds is 1. The van der Waals surface area contributed by atoms with E-state index in [1.165, 1.54) is 0 Å².